The Balaban J connectivity index is 1.58. The van der Waals surface area contributed by atoms with Crippen LogP contribution in [0.2, 0.25) is 0 Å². The van der Waals surface area contributed by atoms with Gasteiger partial charge in [0.25, 0.3) is 11.8 Å². The van der Waals surface area contributed by atoms with Gasteiger partial charge in [0.2, 0.25) is 0 Å². The number of hydrogen-bond acceptors (Lipinski definition) is 4. The highest BCUT2D eigenvalue weighted by Crippen LogP contribution is 2.32. The third kappa shape index (κ3) is 6.10. The van der Waals surface area contributed by atoms with Crippen LogP contribution in [0.25, 0.3) is 0 Å². The van der Waals surface area contributed by atoms with Crippen LogP contribution in [0.3, 0.4) is 0 Å². The van der Waals surface area contributed by atoms with E-state index in [-0.39, 0.29) is 17.4 Å². The molecule has 0 aliphatic carbocycles. The summed E-state index contributed by atoms with van der Waals surface area (Å²) in [7, 11) is 1.59. The van der Waals surface area contributed by atoms with Crippen molar-refractivity contribution in [1.82, 2.24) is 10.2 Å². The Morgan fingerprint density at radius 2 is 1.61 bits per heavy atom. The maximum Gasteiger partial charge on any atom is 0.573 e. The van der Waals surface area contributed by atoms with Crippen molar-refractivity contribution < 1.29 is 32.2 Å². The summed E-state index contributed by atoms with van der Waals surface area (Å²) < 4.78 is 48.1. The first kappa shape index (κ1) is 27.0. The topological polar surface area (TPSA) is 67.9 Å². The number of likely N-dealkylation sites (tertiary alicyclic amines) is 1. The number of halogens is 3. The van der Waals surface area contributed by atoms with Crippen molar-refractivity contribution in [2.45, 2.75) is 38.6 Å². The van der Waals surface area contributed by atoms with E-state index in [2.05, 4.69) is 10.1 Å². The SMILES string of the molecule is COc1c(C)cc(C(=O)N2CC[C@@H](NC(=O)c3ccccc3OC(F)(F)F)[C@@H](c3ccccc3)C2)cc1C. The Labute approximate surface area is 219 Å². The van der Waals surface area contributed by atoms with Crippen LogP contribution < -0.4 is 14.8 Å². The van der Waals surface area contributed by atoms with Crippen molar-refractivity contribution >= 4 is 11.8 Å². The van der Waals surface area contributed by atoms with Gasteiger partial charge in [-0.2, -0.15) is 0 Å². The molecule has 0 spiro atoms. The van der Waals surface area contributed by atoms with Gasteiger partial charge < -0.3 is 19.7 Å². The highest BCUT2D eigenvalue weighted by Gasteiger charge is 2.36. The van der Waals surface area contributed by atoms with Crippen LogP contribution in [-0.4, -0.2) is 49.3 Å². The molecule has 1 aliphatic rings. The molecule has 3 aromatic carbocycles. The summed E-state index contributed by atoms with van der Waals surface area (Å²) in [6.07, 6.45) is -4.50. The molecule has 200 valence electrons. The fourth-order valence-electron chi connectivity index (χ4n) is 5.04. The number of hydrogen-bond donors (Lipinski definition) is 1. The number of piperidine rings is 1. The number of methoxy groups -OCH3 is 1. The van der Waals surface area contributed by atoms with E-state index in [9.17, 15) is 22.8 Å². The molecule has 0 aromatic heterocycles. The van der Waals surface area contributed by atoms with Gasteiger partial charge in [0.05, 0.1) is 12.7 Å². The standard InChI is InChI=1S/C29H29F3N2O4/c1-18-15-21(16-19(2)26(18)37-3)28(36)34-14-13-24(23(17-34)20-9-5-4-6-10-20)33-27(35)22-11-7-8-12-25(22)38-29(30,31)32/h4-12,15-16,23-24H,13-14,17H2,1-3H3,(H,33,35)/t23-,24-/m1/s1. The molecule has 1 N–H and O–H groups in total. The number of carbonyl (C=O) groups excluding carboxylic acids is 2. The van der Waals surface area contributed by atoms with Gasteiger partial charge in [-0.1, -0.05) is 42.5 Å². The Morgan fingerprint density at radius 3 is 2.24 bits per heavy atom. The van der Waals surface area contributed by atoms with Gasteiger partial charge in [-0.05, 0) is 61.2 Å². The third-order valence-corrected chi connectivity index (χ3v) is 6.71. The zero-order chi connectivity index (χ0) is 27.4. The zero-order valence-corrected chi connectivity index (χ0v) is 21.3. The van der Waals surface area contributed by atoms with Gasteiger partial charge in [0.1, 0.15) is 11.5 Å². The Hall–Kier alpha value is -4.01. The van der Waals surface area contributed by atoms with Gasteiger partial charge in [-0.3, -0.25) is 9.59 Å². The number of rotatable bonds is 6. The minimum Gasteiger partial charge on any atom is -0.496 e. The van der Waals surface area contributed by atoms with Crippen LogP contribution in [0.15, 0.2) is 66.7 Å². The number of aryl methyl sites for hydroxylation is 2. The third-order valence-electron chi connectivity index (χ3n) is 6.71. The fraction of sp³-hybridized carbons (Fsp3) is 0.310. The van der Waals surface area contributed by atoms with E-state index in [4.69, 9.17) is 4.74 Å². The van der Waals surface area contributed by atoms with Crippen molar-refractivity contribution in [3.05, 3.63) is 94.5 Å². The van der Waals surface area contributed by atoms with E-state index >= 15 is 0 Å². The summed E-state index contributed by atoms with van der Waals surface area (Å²) in [6.45, 7) is 4.48. The van der Waals surface area contributed by atoms with Crippen molar-refractivity contribution in [3.8, 4) is 11.5 Å². The maximum absolute atomic E-state index is 13.5. The van der Waals surface area contributed by atoms with Gasteiger partial charge in [-0.25, -0.2) is 0 Å². The lowest BCUT2D eigenvalue weighted by atomic mass is 9.85. The normalized spacial score (nSPS) is 17.6. The predicted molar refractivity (Wildman–Crippen MR) is 137 cm³/mol. The van der Waals surface area contributed by atoms with E-state index < -0.39 is 24.1 Å². The molecule has 1 fully saturated rings. The number of nitrogens with one attached hydrogen (secondary N) is 1. The lowest BCUT2D eigenvalue weighted by Gasteiger charge is -2.39. The maximum atomic E-state index is 13.5. The highest BCUT2D eigenvalue weighted by atomic mass is 19.4. The van der Waals surface area contributed by atoms with Crippen molar-refractivity contribution in [2.24, 2.45) is 0 Å². The highest BCUT2D eigenvalue weighted by molar-refractivity contribution is 5.97. The van der Waals surface area contributed by atoms with Crippen molar-refractivity contribution in [2.75, 3.05) is 20.2 Å². The molecule has 1 aliphatic heterocycles. The summed E-state index contributed by atoms with van der Waals surface area (Å²) in [5.41, 5.74) is 2.97. The quantitative estimate of drug-likeness (QED) is 0.452. The number of benzene rings is 3. The van der Waals surface area contributed by atoms with Crippen LogP contribution in [0.4, 0.5) is 13.2 Å². The summed E-state index contributed by atoms with van der Waals surface area (Å²) in [5, 5.41) is 2.90. The molecule has 0 unspecified atom stereocenters. The first-order chi connectivity index (χ1) is 18.1. The van der Waals surface area contributed by atoms with Gasteiger partial charge in [0, 0.05) is 30.6 Å². The summed E-state index contributed by atoms with van der Waals surface area (Å²) >= 11 is 0. The Morgan fingerprint density at radius 1 is 0.974 bits per heavy atom. The van der Waals surface area contributed by atoms with Crippen LogP contribution in [0.1, 0.15) is 49.7 Å². The second-order valence-corrected chi connectivity index (χ2v) is 9.32. The van der Waals surface area contributed by atoms with Crippen LogP contribution >= 0.6 is 0 Å². The average Bonchev–Trinajstić information content (AvgIpc) is 2.88. The second-order valence-electron chi connectivity index (χ2n) is 9.32. The smallest absolute Gasteiger partial charge is 0.496 e. The molecule has 38 heavy (non-hydrogen) atoms. The van der Waals surface area contributed by atoms with Gasteiger partial charge in [0.15, 0.2) is 0 Å². The predicted octanol–water partition coefficient (Wildman–Crippen LogP) is 5.64. The molecule has 9 heteroatoms. The van der Waals surface area contributed by atoms with Crippen molar-refractivity contribution in [3.63, 3.8) is 0 Å². The summed E-state index contributed by atoms with van der Waals surface area (Å²) in [4.78, 5) is 28.4. The molecule has 0 saturated carbocycles. The van der Waals surface area contributed by atoms with Crippen molar-refractivity contribution in [1.29, 1.82) is 0 Å². The van der Waals surface area contributed by atoms with Gasteiger partial charge >= 0.3 is 6.36 Å². The van der Waals surface area contributed by atoms with E-state index in [0.29, 0.717) is 25.1 Å². The molecular formula is C29H29F3N2O4. The van der Waals surface area contributed by atoms with E-state index in [1.165, 1.54) is 18.2 Å². The zero-order valence-electron chi connectivity index (χ0n) is 21.3. The van der Waals surface area contributed by atoms with Crippen LogP contribution in [-0.2, 0) is 0 Å². The van der Waals surface area contributed by atoms with Crippen LogP contribution in [0, 0.1) is 13.8 Å². The molecule has 1 saturated heterocycles. The second kappa shape index (κ2) is 11.2. The van der Waals surface area contributed by atoms with E-state index in [0.717, 1.165) is 28.5 Å². The molecule has 0 radical (unpaired) electrons. The van der Waals surface area contributed by atoms with Gasteiger partial charge in [-0.15, -0.1) is 13.2 Å². The molecule has 2 atom stereocenters. The number of nitrogens with zero attached hydrogens (tertiary/aromatic N) is 1. The molecule has 3 aromatic rings. The minimum absolute atomic E-state index is 0.131. The molecule has 0 bridgehead atoms. The number of para-hydroxylation sites is 1. The first-order valence-electron chi connectivity index (χ1n) is 12.2. The molecule has 1 heterocycles. The summed E-state index contributed by atoms with van der Waals surface area (Å²) in [5.74, 6) is -0.897. The van der Waals surface area contributed by atoms with E-state index in [1.54, 1.807) is 24.1 Å². The fourth-order valence-corrected chi connectivity index (χ4v) is 5.04. The minimum atomic E-state index is -4.92. The molecular weight excluding hydrogens is 497 g/mol. The average molecular weight is 527 g/mol. The monoisotopic (exact) mass is 526 g/mol. The number of carbonyl (C=O) groups is 2. The Kier molecular flexibility index (Phi) is 7.94. The van der Waals surface area contributed by atoms with E-state index in [1.807, 2.05) is 44.2 Å². The lowest BCUT2D eigenvalue weighted by Crippen LogP contribution is -2.51. The number of amides is 2. The molecule has 4 rings (SSSR count). The lowest BCUT2D eigenvalue weighted by molar-refractivity contribution is -0.274. The number of ether oxygens (including phenoxy) is 2. The molecule has 6 nitrogen and oxygen atoms in total. The molecule has 2 amide bonds. The largest absolute Gasteiger partial charge is 0.573 e. The number of alkyl halides is 3. The van der Waals surface area contributed by atoms with Crippen LogP contribution in [0.5, 0.6) is 11.5 Å². The first-order valence-corrected chi connectivity index (χ1v) is 12.2. The Bertz CT molecular complexity index is 1290. The summed E-state index contributed by atoms with van der Waals surface area (Å²) in [6, 6.07) is 17.9.